The number of hydrogen-bond acceptors (Lipinski definition) is 3. The van der Waals surface area contributed by atoms with Gasteiger partial charge in [-0.05, 0) is 55.0 Å². The highest BCUT2D eigenvalue weighted by molar-refractivity contribution is 5.84. The maximum absolute atomic E-state index is 8.88. The third-order valence-corrected chi connectivity index (χ3v) is 4.05. The van der Waals surface area contributed by atoms with Gasteiger partial charge in [-0.25, -0.2) is 0 Å². The summed E-state index contributed by atoms with van der Waals surface area (Å²) in [5.41, 5.74) is 2.45. The molecule has 0 radical (unpaired) electrons. The van der Waals surface area contributed by atoms with Crippen molar-refractivity contribution >= 4 is 11.0 Å². The van der Waals surface area contributed by atoms with E-state index in [2.05, 4.69) is 13.0 Å². The van der Waals surface area contributed by atoms with E-state index in [0.29, 0.717) is 5.56 Å². The number of nitriles is 1. The van der Waals surface area contributed by atoms with E-state index < -0.39 is 0 Å². The van der Waals surface area contributed by atoms with E-state index in [1.54, 1.807) is 12.1 Å². The zero-order chi connectivity index (χ0) is 16.8. The van der Waals surface area contributed by atoms with Crippen LogP contribution in [0.5, 0.6) is 5.75 Å². The Bertz CT molecular complexity index is 840. The summed E-state index contributed by atoms with van der Waals surface area (Å²) in [6.07, 6.45) is 4.80. The Morgan fingerprint density at radius 1 is 1.00 bits per heavy atom. The third kappa shape index (κ3) is 3.78. The predicted octanol–water partition coefficient (Wildman–Crippen LogP) is 5.93. The number of rotatable bonds is 7. The summed E-state index contributed by atoms with van der Waals surface area (Å²) in [4.78, 5) is 0. The van der Waals surface area contributed by atoms with Crippen LogP contribution in [0.25, 0.3) is 22.3 Å². The summed E-state index contributed by atoms with van der Waals surface area (Å²) in [5, 5.41) is 9.90. The maximum atomic E-state index is 8.88. The molecular weight excluding hydrogens is 298 g/mol. The van der Waals surface area contributed by atoms with Crippen molar-refractivity contribution in [3.05, 3.63) is 54.1 Å². The Kier molecular flexibility index (Phi) is 5.18. The second-order valence-corrected chi connectivity index (χ2v) is 5.91. The Morgan fingerprint density at radius 2 is 1.83 bits per heavy atom. The lowest BCUT2D eigenvalue weighted by Crippen LogP contribution is -1.96. The number of ether oxygens (including phenoxy) is 1. The minimum atomic E-state index is 0.647. The molecule has 0 bridgehead atoms. The first-order valence-corrected chi connectivity index (χ1v) is 8.47. The van der Waals surface area contributed by atoms with E-state index in [4.69, 9.17) is 14.4 Å². The standard InChI is InChI=1S/C21H21NO2/c1-2-3-4-5-12-23-19-10-11-20-18(13-19)14-21(24-20)17-8-6-16(15-22)7-9-17/h6-11,13-14H,2-5,12H2,1H3. The molecule has 3 heteroatoms. The van der Waals surface area contributed by atoms with E-state index in [1.165, 1.54) is 19.3 Å². The van der Waals surface area contributed by atoms with Gasteiger partial charge in [-0.3, -0.25) is 0 Å². The Labute approximate surface area is 142 Å². The third-order valence-electron chi connectivity index (χ3n) is 4.05. The first-order chi connectivity index (χ1) is 11.8. The van der Waals surface area contributed by atoms with Gasteiger partial charge in [-0.1, -0.05) is 26.2 Å². The van der Waals surface area contributed by atoms with E-state index in [9.17, 15) is 0 Å². The zero-order valence-corrected chi connectivity index (χ0v) is 13.9. The molecule has 0 aliphatic rings. The number of hydrogen-bond donors (Lipinski definition) is 0. The van der Waals surface area contributed by atoms with Crippen molar-refractivity contribution in [3.63, 3.8) is 0 Å². The quantitative estimate of drug-likeness (QED) is 0.507. The lowest BCUT2D eigenvalue weighted by atomic mass is 10.1. The molecule has 1 aromatic heterocycles. The lowest BCUT2D eigenvalue weighted by Gasteiger charge is -2.05. The van der Waals surface area contributed by atoms with Crippen LogP contribution in [-0.4, -0.2) is 6.61 Å². The normalized spacial score (nSPS) is 10.7. The number of unbranched alkanes of at least 4 members (excludes halogenated alkanes) is 3. The van der Waals surface area contributed by atoms with Gasteiger partial charge in [0.25, 0.3) is 0 Å². The van der Waals surface area contributed by atoms with Crippen molar-refractivity contribution < 1.29 is 9.15 Å². The maximum Gasteiger partial charge on any atom is 0.135 e. The van der Waals surface area contributed by atoms with Crippen molar-refractivity contribution in [2.24, 2.45) is 0 Å². The van der Waals surface area contributed by atoms with Gasteiger partial charge < -0.3 is 9.15 Å². The molecule has 3 aromatic rings. The number of furan rings is 1. The molecule has 3 rings (SSSR count). The van der Waals surface area contributed by atoms with Crippen LogP contribution in [0.1, 0.15) is 38.2 Å². The van der Waals surface area contributed by atoms with Crippen LogP contribution in [0.2, 0.25) is 0 Å². The van der Waals surface area contributed by atoms with Gasteiger partial charge >= 0.3 is 0 Å². The lowest BCUT2D eigenvalue weighted by molar-refractivity contribution is 0.305. The van der Waals surface area contributed by atoms with Gasteiger partial charge in [0.2, 0.25) is 0 Å². The highest BCUT2D eigenvalue weighted by atomic mass is 16.5. The molecule has 3 nitrogen and oxygen atoms in total. The fraction of sp³-hybridized carbons (Fsp3) is 0.286. The van der Waals surface area contributed by atoms with Crippen LogP contribution < -0.4 is 4.74 Å². The molecule has 24 heavy (non-hydrogen) atoms. The van der Waals surface area contributed by atoms with Crippen LogP contribution in [0.15, 0.2) is 52.9 Å². The van der Waals surface area contributed by atoms with Gasteiger partial charge in [-0.2, -0.15) is 5.26 Å². The molecule has 0 spiro atoms. The summed E-state index contributed by atoms with van der Waals surface area (Å²) in [6.45, 7) is 2.96. The Hall–Kier alpha value is -2.73. The minimum absolute atomic E-state index is 0.647. The molecule has 122 valence electrons. The summed E-state index contributed by atoms with van der Waals surface area (Å²) in [6, 6.07) is 17.5. The van der Waals surface area contributed by atoms with E-state index in [0.717, 1.165) is 41.1 Å². The van der Waals surface area contributed by atoms with Gasteiger partial charge in [0, 0.05) is 10.9 Å². The number of nitrogens with zero attached hydrogens (tertiary/aromatic N) is 1. The second-order valence-electron chi connectivity index (χ2n) is 5.91. The van der Waals surface area contributed by atoms with Crippen molar-refractivity contribution in [2.75, 3.05) is 6.61 Å². The molecule has 0 aliphatic carbocycles. The molecule has 0 aliphatic heterocycles. The molecular formula is C21H21NO2. The Morgan fingerprint density at radius 3 is 2.58 bits per heavy atom. The van der Waals surface area contributed by atoms with Crippen molar-refractivity contribution in [3.8, 4) is 23.1 Å². The fourth-order valence-corrected chi connectivity index (χ4v) is 2.68. The van der Waals surface area contributed by atoms with E-state index >= 15 is 0 Å². The molecule has 1 heterocycles. The van der Waals surface area contributed by atoms with E-state index in [1.807, 2.05) is 36.4 Å². The summed E-state index contributed by atoms with van der Waals surface area (Å²) >= 11 is 0. The summed E-state index contributed by atoms with van der Waals surface area (Å²) in [7, 11) is 0. The fourth-order valence-electron chi connectivity index (χ4n) is 2.68. The van der Waals surface area contributed by atoms with Crippen LogP contribution >= 0.6 is 0 Å². The zero-order valence-electron chi connectivity index (χ0n) is 13.9. The highest BCUT2D eigenvalue weighted by Gasteiger charge is 2.07. The highest BCUT2D eigenvalue weighted by Crippen LogP contribution is 2.30. The first kappa shape index (κ1) is 16.1. The average Bonchev–Trinajstić information content (AvgIpc) is 3.05. The molecule has 0 amide bonds. The summed E-state index contributed by atoms with van der Waals surface area (Å²) in [5.74, 6) is 1.68. The Balaban J connectivity index is 1.72. The van der Waals surface area contributed by atoms with Crippen molar-refractivity contribution in [2.45, 2.75) is 32.6 Å². The predicted molar refractivity (Wildman–Crippen MR) is 96.0 cm³/mol. The molecule has 0 saturated heterocycles. The van der Waals surface area contributed by atoms with Crippen molar-refractivity contribution in [1.29, 1.82) is 5.26 Å². The van der Waals surface area contributed by atoms with E-state index in [-0.39, 0.29) is 0 Å². The topological polar surface area (TPSA) is 46.2 Å². The monoisotopic (exact) mass is 319 g/mol. The van der Waals surface area contributed by atoms with Gasteiger partial charge in [0.15, 0.2) is 0 Å². The van der Waals surface area contributed by atoms with Crippen LogP contribution in [0.3, 0.4) is 0 Å². The second kappa shape index (κ2) is 7.70. The molecule has 0 atom stereocenters. The van der Waals surface area contributed by atoms with Crippen LogP contribution in [0, 0.1) is 11.3 Å². The minimum Gasteiger partial charge on any atom is -0.494 e. The van der Waals surface area contributed by atoms with Gasteiger partial charge in [-0.15, -0.1) is 0 Å². The smallest absolute Gasteiger partial charge is 0.135 e. The van der Waals surface area contributed by atoms with Crippen LogP contribution in [0.4, 0.5) is 0 Å². The van der Waals surface area contributed by atoms with Crippen LogP contribution in [-0.2, 0) is 0 Å². The number of fused-ring (bicyclic) bond motifs is 1. The summed E-state index contributed by atoms with van der Waals surface area (Å²) < 4.78 is 11.7. The molecule has 0 saturated carbocycles. The number of benzene rings is 2. The SMILES string of the molecule is CCCCCCOc1ccc2oc(-c3ccc(C#N)cc3)cc2c1. The molecule has 0 fully saturated rings. The van der Waals surface area contributed by atoms with Crippen molar-refractivity contribution in [1.82, 2.24) is 0 Å². The van der Waals surface area contributed by atoms with Gasteiger partial charge in [0.05, 0.1) is 18.2 Å². The molecule has 0 N–H and O–H groups in total. The molecule has 0 unspecified atom stereocenters. The molecule has 2 aromatic carbocycles. The largest absolute Gasteiger partial charge is 0.494 e. The average molecular weight is 319 g/mol. The first-order valence-electron chi connectivity index (χ1n) is 8.47. The van der Waals surface area contributed by atoms with Gasteiger partial charge in [0.1, 0.15) is 17.1 Å².